The first-order valence-corrected chi connectivity index (χ1v) is 6.12. The van der Waals surface area contributed by atoms with Crippen LogP contribution in [0.2, 0.25) is 0 Å². The SMILES string of the molecule is CC1CCCC(C)N1C(=O)c1c(N)cnn1C. The van der Waals surface area contributed by atoms with Crippen molar-refractivity contribution in [2.75, 3.05) is 5.73 Å². The maximum absolute atomic E-state index is 12.5. The van der Waals surface area contributed by atoms with E-state index in [-0.39, 0.29) is 18.0 Å². The van der Waals surface area contributed by atoms with E-state index in [9.17, 15) is 4.79 Å². The summed E-state index contributed by atoms with van der Waals surface area (Å²) in [5.41, 5.74) is 6.77. The molecule has 0 aliphatic carbocycles. The van der Waals surface area contributed by atoms with Gasteiger partial charge in [-0.1, -0.05) is 0 Å². The number of hydrogen-bond donors (Lipinski definition) is 1. The molecule has 2 atom stereocenters. The van der Waals surface area contributed by atoms with Crippen molar-refractivity contribution in [1.82, 2.24) is 14.7 Å². The molecule has 0 aromatic carbocycles. The average Bonchev–Trinajstić information content (AvgIpc) is 2.58. The molecular formula is C12H20N4O. The monoisotopic (exact) mass is 236 g/mol. The van der Waals surface area contributed by atoms with Crippen LogP contribution in [0.15, 0.2) is 6.20 Å². The van der Waals surface area contributed by atoms with Gasteiger partial charge in [0.25, 0.3) is 5.91 Å². The van der Waals surface area contributed by atoms with Crippen molar-refractivity contribution >= 4 is 11.6 Å². The number of anilines is 1. The fraction of sp³-hybridized carbons (Fsp3) is 0.667. The van der Waals surface area contributed by atoms with E-state index in [0.717, 1.165) is 12.8 Å². The number of carbonyl (C=O) groups excluding carboxylic acids is 1. The maximum Gasteiger partial charge on any atom is 0.274 e. The maximum atomic E-state index is 12.5. The summed E-state index contributed by atoms with van der Waals surface area (Å²) in [5.74, 6) is 0.00204. The molecule has 0 bridgehead atoms. The Morgan fingerprint density at radius 2 is 2.00 bits per heavy atom. The highest BCUT2D eigenvalue weighted by atomic mass is 16.2. The van der Waals surface area contributed by atoms with Gasteiger partial charge in [-0.3, -0.25) is 9.48 Å². The molecule has 2 N–H and O–H groups in total. The number of carbonyl (C=O) groups is 1. The molecule has 1 aromatic heterocycles. The van der Waals surface area contributed by atoms with Gasteiger partial charge in [0.2, 0.25) is 0 Å². The topological polar surface area (TPSA) is 64.2 Å². The second-order valence-electron chi connectivity index (χ2n) is 4.91. The highest BCUT2D eigenvalue weighted by Crippen LogP contribution is 2.25. The second-order valence-corrected chi connectivity index (χ2v) is 4.91. The lowest BCUT2D eigenvalue weighted by molar-refractivity contribution is 0.0500. The molecule has 1 saturated heterocycles. The Bertz CT molecular complexity index is 397. The molecule has 2 unspecified atom stereocenters. The average molecular weight is 236 g/mol. The van der Waals surface area contributed by atoms with Crippen LogP contribution < -0.4 is 5.73 Å². The highest BCUT2D eigenvalue weighted by molar-refractivity contribution is 5.97. The molecule has 0 saturated carbocycles. The summed E-state index contributed by atoms with van der Waals surface area (Å²) in [6, 6.07) is 0.557. The number of piperidine rings is 1. The first-order valence-electron chi connectivity index (χ1n) is 6.12. The summed E-state index contributed by atoms with van der Waals surface area (Å²) < 4.78 is 1.56. The fourth-order valence-corrected chi connectivity index (χ4v) is 2.66. The van der Waals surface area contributed by atoms with Crippen molar-refractivity contribution in [3.05, 3.63) is 11.9 Å². The Morgan fingerprint density at radius 3 is 2.47 bits per heavy atom. The van der Waals surface area contributed by atoms with E-state index in [1.54, 1.807) is 11.7 Å². The molecule has 2 rings (SSSR count). The van der Waals surface area contributed by atoms with Crippen LogP contribution in [0.3, 0.4) is 0 Å². The van der Waals surface area contributed by atoms with Crippen molar-refractivity contribution in [3.63, 3.8) is 0 Å². The Balaban J connectivity index is 2.30. The lowest BCUT2D eigenvalue weighted by atomic mass is 9.97. The molecule has 1 aromatic rings. The predicted octanol–water partition coefficient (Wildman–Crippen LogP) is 1.41. The zero-order chi connectivity index (χ0) is 12.6. The number of nitrogens with zero attached hydrogens (tertiary/aromatic N) is 3. The van der Waals surface area contributed by atoms with Crippen LogP contribution >= 0.6 is 0 Å². The number of nitrogen functional groups attached to an aromatic ring is 1. The minimum atomic E-state index is 0.00204. The summed E-state index contributed by atoms with van der Waals surface area (Å²) in [7, 11) is 1.75. The largest absolute Gasteiger partial charge is 0.396 e. The van der Waals surface area contributed by atoms with Crippen LogP contribution in [-0.2, 0) is 7.05 Å². The molecule has 17 heavy (non-hydrogen) atoms. The molecule has 1 aliphatic rings. The van der Waals surface area contributed by atoms with Gasteiger partial charge in [0.15, 0.2) is 0 Å². The molecule has 1 amide bonds. The Labute approximate surface area is 102 Å². The molecule has 2 heterocycles. The zero-order valence-electron chi connectivity index (χ0n) is 10.7. The molecule has 5 heteroatoms. The van der Waals surface area contributed by atoms with Gasteiger partial charge < -0.3 is 10.6 Å². The number of rotatable bonds is 1. The Kier molecular flexibility index (Phi) is 3.09. The molecule has 0 radical (unpaired) electrons. The van der Waals surface area contributed by atoms with Crippen LogP contribution in [-0.4, -0.2) is 32.7 Å². The van der Waals surface area contributed by atoms with E-state index >= 15 is 0 Å². The molecule has 94 valence electrons. The highest BCUT2D eigenvalue weighted by Gasteiger charge is 2.32. The number of amides is 1. The molecule has 1 aliphatic heterocycles. The fourth-order valence-electron chi connectivity index (χ4n) is 2.66. The van der Waals surface area contributed by atoms with E-state index in [1.165, 1.54) is 12.6 Å². The number of aromatic nitrogens is 2. The third-order valence-electron chi connectivity index (χ3n) is 3.60. The van der Waals surface area contributed by atoms with E-state index < -0.39 is 0 Å². The number of hydrogen-bond acceptors (Lipinski definition) is 3. The van der Waals surface area contributed by atoms with Gasteiger partial charge in [-0.2, -0.15) is 5.10 Å². The lowest BCUT2D eigenvalue weighted by Crippen LogP contribution is -2.48. The van der Waals surface area contributed by atoms with Gasteiger partial charge in [-0.25, -0.2) is 0 Å². The minimum absolute atomic E-state index is 0.00204. The number of likely N-dealkylation sites (tertiary alicyclic amines) is 1. The smallest absolute Gasteiger partial charge is 0.274 e. The van der Waals surface area contributed by atoms with Crippen LogP contribution in [0.5, 0.6) is 0 Å². The van der Waals surface area contributed by atoms with E-state index in [0.29, 0.717) is 11.4 Å². The van der Waals surface area contributed by atoms with Gasteiger partial charge in [0.05, 0.1) is 11.9 Å². The second kappa shape index (κ2) is 4.39. The Hall–Kier alpha value is -1.52. The molecule has 0 spiro atoms. The quantitative estimate of drug-likeness (QED) is 0.801. The zero-order valence-corrected chi connectivity index (χ0v) is 10.7. The van der Waals surface area contributed by atoms with E-state index in [2.05, 4.69) is 18.9 Å². The van der Waals surface area contributed by atoms with Crippen LogP contribution in [0.1, 0.15) is 43.6 Å². The summed E-state index contributed by atoms with van der Waals surface area (Å²) in [5, 5.41) is 4.03. The van der Waals surface area contributed by atoms with Gasteiger partial charge in [-0.05, 0) is 33.1 Å². The third kappa shape index (κ3) is 2.01. The van der Waals surface area contributed by atoms with Gasteiger partial charge in [0.1, 0.15) is 5.69 Å². The molecular weight excluding hydrogens is 216 g/mol. The Morgan fingerprint density at radius 1 is 1.41 bits per heavy atom. The van der Waals surface area contributed by atoms with Crippen molar-refractivity contribution in [1.29, 1.82) is 0 Å². The minimum Gasteiger partial charge on any atom is -0.396 e. The van der Waals surface area contributed by atoms with Crippen molar-refractivity contribution in [2.45, 2.75) is 45.2 Å². The molecule has 5 nitrogen and oxygen atoms in total. The summed E-state index contributed by atoms with van der Waals surface area (Å²) in [4.78, 5) is 14.4. The number of aryl methyl sites for hydroxylation is 1. The van der Waals surface area contributed by atoms with Crippen LogP contribution in [0.4, 0.5) is 5.69 Å². The first-order chi connectivity index (χ1) is 8.02. The third-order valence-corrected chi connectivity index (χ3v) is 3.60. The van der Waals surface area contributed by atoms with Crippen molar-refractivity contribution in [3.8, 4) is 0 Å². The van der Waals surface area contributed by atoms with Gasteiger partial charge in [0, 0.05) is 19.1 Å². The van der Waals surface area contributed by atoms with E-state index in [4.69, 9.17) is 5.73 Å². The summed E-state index contributed by atoms with van der Waals surface area (Å²) in [6.07, 6.45) is 4.85. The number of nitrogens with two attached hydrogens (primary N) is 1. The normalized spacial score (nSPS) is 25.0. The lowest BCUT2D eigenvalue weighted by Gasteiger charge is -2.39. The van der Waals surface area contributed by atoms with Crippen molar-refractivity contribution < 1.29 is 4.79 Å². The van der Waals surface area contributed by atoms with Crippen molar-refractivity contribution in [2.24, 2.45) is 7.05 Å². The first kappa shape index (κ1) is 12.0. The summed E-state index contributed by atoms with van der Waals surface area (Å²) >= 11 is 0. The predicted molar refractivity (Wildman–Crippen MR) is 66.6 cm³/mol. The summed E-state index contributed by atoms with van der Waals surface area (Å²) in [6.45, 7) is 4.19. The van der Waals surface area contributed by atoms with Crippen LogP contribution in [0, 0.1) is 0 Å². The van der Waals surface area contributed by atoms with Gasteiger partial charge >= 0.3 is 0 Å². The molecule has 1 fully saturated rings. The van der Waals surface area contributed by atoms with Crippen LogP contribution in [0.25, 0.3) is 0 Å². The van der Waals surface area contributed by atoms with Gasteiger partial charge in [-0.15, -0.1) is 0 Å². The van der Waals surface area contributed by atoms with E-state index in [1.807, 2.05) is 4.90 Å². The standard InChI is InChI=1S/C12H20N4O/c1-8-5-4-6-9(2)16(8)12(17)11-10(13)7-14-15(11)3/h7-9H,4-6,13H2,1-3H3.